The normalized spacial score (nSPS) is 12.7. The highest BCUT2D eigenvalue weighted by Gasteiger charge is 2.19. The van der Waals surface area contributed by atoms with Crippen molar-refractivity contribution in [3.8, 4) is 0 Å². The van der Waals surface area contributed by atoms with Crippen LogP contribution in [0, 0.1) is 0 Å². The molecule has 0 heterocycles. The first kappa shape index (κ1) is 58.9. The van der Waals surface area contributed by atoms with Gasteiger partial charge in [-0.2, -0.15) is 0 Å². The molecule has 0 saturated heterocycles. The molecule has 1 amide bonds. The number of allylic oxidation sites excluding steroid dienone is 4. The first-order valence-corrected chi connectivity index (χ1v) is 26.7. The molecule has 2 atom stereocenters. The zero-order valence-electron chi connectivity index (χ0n) is 40.5. The number of carboxylic acids is 1. The first-order chi connectivity index (χ1) is 29.9. The molecule has 7 heteroatoms. The first-order valence-electron chi connectivity index (χ1n) is 26.7. The minimum Gasteiger partial charge on any atom is -0.480 e. The van der Waals surface area contributed by atoms with Crippen molar-refractivity contribution in [1.29, 1.82) is 0 Å². The number of carbonyl (C=O) groups excluding carboxylic acids is 2. The summed E-state index contributed by atoms with van der Waals surface area (Å²) in [5.74, 6) is -1.24. The molecule has 0 spiro atoms. The lowest BCUT2D eigenvalue weighted by atomic mass is 10.0. The maximum absolute atomic E-state index is 12.9. The topological polar surface area (TPSA) is 119 Å². The number of amides is 1. The molecule has 0 bridgehead atoms. The second-order valence-corrected chi connectivity index (χ2v) is 18.3. The SMILES string of the molecule is CCCCCCC/C=C\C/C=C\CCCC(CCCCCCCC(=O)NC(CCCN)C(=O)O)OC(=O)CCCCCCCCCCCCCCCCCCCCCCCC. The number of aliphatic carboxylic acids is 1. The van der Waals surface area contributed by atoms with E-state index >= 15 is 0 Å². The molecule has 4 N–H and O–H groups in total. The predicted octanol–water partition coefficient (Wildman–Crippen LogP) is 16.0. The van der Waals surface area contributed by atoms with Gasteiger partial charge in [-0.1, -0.05) is 218 Å². The van der Waals surface area contributed by atoms with Gasteiger partial charge in [-0.25, -0.2) is 4.79 Å². The van der Waals surface area contributed by atoms with Crippen molar-refractivity contribution in [2.24, 2.45) is 5.73 Å². The van der Waals surface area contributed by atoms with Crippen LogP contribution in [-0.4, -0.2) is 41.6 Å². The van der Waals surface area contributed by atoms with Crippen molar-refractivity contribution >= 4 is 17.8 Å². The fraction of sp³-hybridized carbons (Fsp3) is 0.870. The van der Waals surface area contributed by atoms with E-state index in [1.54, 1.807) is 0 Å². The van der Waals surface area contributed by atoms with E-state index in [4.69, 9.17) is 10.5 Å². The van der Waals surface area contributed by atoms with Crippen LogP contribution < -0.4 is 11.1 Å². The summed E-state index contributed by atoms with van der Waals surface area (Å²) in [5.41, 5.74) is 5.50. The Balaban J connectivity index is 4.21. The Morgan fingerprint density at radius 1 is 0.475 bits per heavy atom. The van der Waals surface area contributed by atoms with Gasteiger partial charge in [0.05, 0.1) is 0 Å². The summed E-state index contributed by atoms with van der Waals surface area (Å²) in [6.07, 6.45) is 58.2. The number of nitrogens with one attached hydrogen (secondary N) is 1. The number of hydrogen-bond donors (Lipinski definition) is 3. The number of esters is 1. The van der Waals surface area contributed by atoms with E-state index in [2.05, 4.69) is 43.5 Å². The molecular formula is C54H102N2O5. The third-order valence-corrected chi connectivity index (χ3v) is 12.3. The summed E-state index contributed by atoms with van der Waals surface area (Å²) in [4.78, 5) is 36.6. The number of hydrogen-bond acceptors (Lipinski definition) is 5. The Hall–Kier alpha value is -2.15. The van der Waals surface area contributed by atoms with Crippen LogP contribution in [0.15, 0.2) is 24.3 Å². The lowest BCUT2D eigenvalue weighted by Crippen LogP contribution is -2.40. The molecule has 0 aliphatic rings. The van der Waals surface area contributed by atoms with Crippen molar-refractivity contribution in [1.82, 2.24) is 5.32 Å². The van der Waals surface area contributed by atoms with Gasteiger partial charge < -0.3 is 20.9 Å². The van der Waals surface area contributed by atoms with Crippen molar-refractivity contribution < 1.29 is 24.2 Å². The summed E-state index contributed by atoms with van der Waals surface area (Å²) in [6, 6.07) is -0.860. The average Bonchev–Trinajstić information content (AvgIpc) is 3.25. The van der Waals surface area contributed by atoms with Crippen LogP contribution in [0.2, 0.25) is 0 Å². The van der Waals surface area contributed by atoms with Crippen molar-refractivity contribution in [2.45, 2.75) is 296 Å². The fourth-order valence-corrected chi connectivity index (χ4v) is 8.25. The largest absolute Gasteiger partial charge is 0.480 e. The van der Waals surface area contributed by atoms with Gasteiger partial charge in [-0.15, -0.1) is 0 Å². The highest BCUT2D eigenvalue weighted by molar-refractivity contribution is 5.83. The number of nitrogens with two attached hydrogens (primary N) is 1. The highest BCUT2D eigenvalue weighted by atomic mass is 16.5. The zero-order chi connectivity index (χ0) is 44.5. The van der Waals surface area contributed by atoms with E-state index < -0.39 is 12.0 Å². The van der Waals surface area contributed by atoms with Gasteiger partial charge in [0, 0.05) is 12.8 Å². The van der Waals surface area contributed by atoms with Gasteiger partial charge in [-0.05, 0) is 83.6 Å². The number of ether oxygens (including phenoxy) is 1. The summed E-state index contributed by atoms with van der Waals surface area (Å²) in [5, 5.41) is 12.0. The van der Waals surface area contributed by atoms with Gasteiger partial charge in [0.2, 0.25) is 5.91 Å². The zero-order valence-corrected chi connectivity index (χ0v) is 40.5. The van der Waals surface area contributed by atoms with Gasteiger partial charge in [0.1, 0.15) is 12.1 Å². The maximum Gasteiger partial charge on any atom is 0.326 e. The van der Waals surface area contributed by atoms with Crippen LogP contribution in [0.1, 0.15) is 284 Å². The van der Waals surface area contributed by atoms with Gasteiger partial charge >= 0.3 is 11.9 Å². The minimum atomic E-state index is -1.00. The monoisotopic (exact) mass is 859 g/mol. The van der Waals surface area contributed by atoms with E-state index in [1.165, 1.54) is 167 Å². The summed E-state index contributed by atoms with van der Waals surface area (Å²) in [7, 11) is 0. The van der Waals surface area contributed by atoms with E-state index in [-0.39, 0.29) is 18.0 Å². The number of rotatable bonds is 49. The molecule has 0 radical (unpaired) electrons. The Kier molecular flexibility index (Phi) is 47.2. The van der Waals surface area contributed by atoms with Gasteiger partial charge in [0.15, 0.2) is 0 Å². The third-order valence-electron chi connectivity index (χ3n) is 12.3. The van der Waals surface area contributed by atoms with Gasteiger partial charge in [0.25, 0.3) is 0 Å². The lowest BCUT2D eigenvalue weighted by Gasteiger charge is -2.18. The standard InChI is InChI=1S/C54H102N2O5/c1-3-5-7-9-11-13-15-17-18-19-20-21-22-23-24-25-27-29-31-33-38-42-48-53(58)61-50(44-39-35-32-30-28-26-16-14-12-10-8-6-4-2)45-40-36-34-37-41-47-52(57)56-51(54(59)60)46-43-49-55/h16,26,30,32,50-51H,3-15,17-25,27-29,31,33-49,55H2,1-2H3,(H,56,57)(H,59,60)/b26-16-,32-30-. The average molecular weight is 859 g/mol. The van der Waals surface area contributed by atoms with Crippen LogP contribution >= 0.6 is 0 Å². The molecule has 358 valence electrons. The molecule has 2 unspecified atom stereocenters. The minimum absolute atomic E-state index is 0.0273. The van der Waals surface area contributed by atoms with Crippen LogP contribution in [0.5, 0.6) is 0 Å². The van der Waals surface area contributed by atoms with E-state index in [0.717, 1.165) is 77.0 Å². The molecule has 0 aromatic rings. The summed E-state index contributed by atoms with van der Waals surface area (Å²) < 4.78 is 6.06. The molecule has 0 rings (SSSR count). The summed E-state index contributed by atoms with van der Waals surface area (Å²) in [6.45, 7) is 4.96. The molecule has 0 aromatic carbocycles. The van der Waals surface area contributed by atoms with Crippen LogP contribution in [0.4, 0.5) is 0 Å². The lowest BCUT2D eigenvalue weighted by molar-refractivity contribution is -0.150. The van der Waals surface area contributed by atoms with E-state index in [0.29, 0.717) is 32.2 Å². The molecule has 0 fully saturated rings. The number of unbranched alkanes of at least 4 members (excludes halogenated alkanes) is 31. The highest BCUT2D eigenvalue weighted by Crippen LogP contribution is 2.19. The molecular weight excluding hydrogens is 757 g/mol. The van der Waals surface area contributed by atoms with Crippen LogP contribution in [-0.2, 0) is 19.1 Å². The van der Waals surface area contributed by atoms with Crippen molar-refractivity contribution in [3.05, 3.63) is 24.3 Å². The second-order valence-electron chi connectivity index (χ2n) is 18.3. The van der Waals surface area contributed by atoms with Gasteiger partial charge in [-0.3, -0.25) is 9.59 Å². The number of carboxylic acid groups (broad SMARTS) is 1. The third kappa shape index (κ3) is 45.7. The molecule has 0 aliphatic heterocycles. The van der Waals surface area contributed by atoms with Crippen LogP contribution in [0.25, 0.3) is 0 Å². The molecule has 61 heavy (non-hydrogen) atoms. The van der Waals surface area contributed by atoms with Crippen molar-refractivity contribution in [3.63, 3.8) is 0 Å². The Morgan fingerprint density at radius 3 is 1.33 bits per heavy atom. The Labute approximate surface area is 378 Å². The van der Waals surface area contributed by atoms with E-state index in [9.17, 15) is 19.5 Å². The smallest absolute Gasteiger partial charge is 0.326 e. The molecule has 0 aromatic heterocycles. The molecule has 7 nitrogen and oxygen atoms in total. The fourth-order valence-electron chi connectivity index (χ4n) is 8.25. The van der Waals surface area contributed by atoms with Crippen LogP contribution in [0.3, 0.4) is 0 Å². The second kappa shape index (κ2) is 48.9. The van der Waals surface area contributed by atoms with Crippen molar-refractivity contribution in [2.75, 3.05) is 6.54 Å². The quantitative estimate of drug-likeness (QED) is 0.0318. The van der Waals surface area contributed by atoms with E-state index in [1.807, 2.05) is 0 Å². The maximum atomic E-state index is 12.9. The Bertz CT molecular complexity index is 1010. The molecule has 0 saturated carbocycles. The predicted molar refractivity (Wildman–Crippen MR) is 262 cm³/mol. The summed E-state index contributed by atoms with van der Waals surface area (Å²) >= 11 is 0. The number of carbonyl (C=O) groups is 3. The molecule has 0 aliphatic carbocycles. The Morgan fingerprint density at radius 2 is 0.869 bits per heavy atom.